The van der Waals surface area contributed by atoms with Gasteiger partial charge in [-0.05, 0) is 57.5 Å². The lowest BCUT2D eigenvalue weighted by molar-refractivity contribution is -0.135. The van der Waals surface area contributed by atoms with Crippen LogP contribution in [0.5, 0.6) is 0 Å². The van der Waals surface area contributed by atoms with Crippen LogP contribution < -0.4 is 16.0 Å². The van der Waals surface area contributed by atoms with Crippen molar-refractivity contribution in [3.05, 3.63) is 0 Å². The second-order valence-electron chi connectivity index (χ2n) is 7.18. The first-order valence-corrected chi connectivity index (χ1v) is 9.46. The van der Waals surface area contributed by atoms with Gasteiger partial charge in [-0.3, -0.25) is 9.59 Å². The van der Waals surface area contributed by atoms with Gasteiger partial charge in [0.05, 0.1) is 0 Å². The van der Waals surface area contributed by atoms with E-state index < -0.39 is 5.54 Å². The molecule has 1 saturated carbocycles. The molecule has 0 aromatic rings. The van der Waals surface area contributed by atoms with E-state index in [2.05, 4.69) is 16.0 Å². The van der Waals surface area contributed by atoms with Crippen LogP contribution in [0.3, 0.4) is 0 Å². The summed E-state index contributed by atoms with van der Waals surface area (Å²) in [4.78, 5) is 25.0. The Labute approximate surface area is 152 Å². The van der Waals surface area contributed by atoms with Gasteiger partial charge < -0.3 is 16.0 Å². The normalized spacial score (nSPS) is 20.7. The zero-order valence-corrected chi connectivity index (χ0v) is 15.8. The van der Waals surface area contributed by atoms with Gasteiger partial charge in [-0.2, -0.15) is 0 Å². The van der Waals surface area contributed by atoms with Gasteiger partial charge in [0.1, 0.15) is 5.54 Å². The van der Waals surface area contributed by atoms with E-state index in [1.165, 1.54) is 0 Å². The molecular formula is C18H34ClN3O2. The van der Waals surface area contributed by atoms with Gasteiger partial charge in [0.2, 0.25) is 11.8 Å². The highest BCUT2D eigenvalue weighted by atomic mass is 35.5. The van der Waals surface area contributed by atoms with Crippen LogP contribution >= 0.6 is 12.4 Å². The van der Waals surface area contributed by atoms with Crippen LogP contribution in [0, 0.1) is 5.92 Å². The van der Waals surface area contributed by atoms with Gasteiger partial charge in [0.25, 0.3) is 0 Å². The zero-order chi connectivity index (χ0) is 16.5. The zero-order valence-electron chi connectivity index (χ0n) is 15.0. The molecule has 0 aromatic heterocycles. The molecule has 0 atom stereocenters. The van der Waals surface area contributed by atoms with E-state index in [1.54, 1.807) is 0 Å². The van der Waals surface area contributed by atoms with Crippen molar-refractivity contribution in [2.45, 2.75) is 76.7 Å². The van der Waals surface area contributed by atoms with E-state index in [0.29, 0.717) is 18.9 Å². The highest BCUT2D eigenvalue weighted by Gasteiger charge is 2.40. The molecule has 0 aromatic carbocycles. The highest BCUT2D eigenvalue weighted by molar-refractivity contribution is 5.91. The Morgan fingerprint density at radius 2 is 1.79 bits per heavy atom. The van der Waals surface area contributed by atoms with E-state index in [0.717, 1.165) is 70.9 Å². The van der Waals surface area contributed by atoms with Crippen molar-refractivity contribution in [1.82, 2.24) is 16.0 Å². The molecule has 2 amide bonds. The van der Waals surface area contributed by atoms with Crippen LogP contribution in [0.15, 0.2) is 0 Å². The van der Waals surface area contributed by atoms with E-state index in [9.17, 15) is 9.59 Å². The number of carbonyl (C=O) groups is 2. The third-order valence-corrected chi connectivity index (χ3v) is 5.29. The average molecular weight is 360 g/mol. The molecule has 140 valence electrons. The summed E-state index contributed by atoms with van der Waals surface area (Å²) in [6.45, 7) is 4.86. The fraction of sp³-hybridized carbons (Fsp3) is 0.889. The molecular weight excluding hydrogens is 326 g/mol. The summed E-state index contributed by atoms with van der Waals surface area (Å²) in [7, 11) is 0. The Balaban J connectivity index is 0.00000288. The maximum absolute atomic E-state index is 12.6. The molecule has 5 nitrogen and oxygen atoms in total. The monoisotopic (exact) mass is 359 g/mol. The standard InChI is InChI=1S/C18H33N3O2.ClH/c1-2-12-20-17(23)18(10-4-3-5-11-18)21-16(22)7-6-15-8-13-19-14-9-15;/h15,19H,2-14H2,1H3,(H,20,23)(H,21,22);1H. The Morgan fingerprint density at radius 1 is 1.12 bits per heavy atom. The molecule has 2 aliphatic rings. The van der Waals surface area contributed by atoms with Gasteiger partial charge in [-0.1, -0.05) is 26.2 Å². The van der Waals surface area contributed by atoms with E-state index >= 15 is 0 Å². The minimum absolute atomic E-state index is 0. The van der Waals surface area contributed by atoms with Crippen LogP contribution in [0.1, 0.15) is 71.1 Å². The predicted octanol–water partition coefficient (Wildman–Crippen LogP) is 2.53. The summed E-state index contributed by atoms with van der Waals surface area (Å²) in [5.74, 6) is 0.726. The molecule has 1 heterocycles. The van der Waals surface area contributed by atoms with Crippen molar-refractivity contribution < 1.29 is 9.59 Å². The molecule has 1 aliphatic carbocycles. The Kier molecular flexibility index (Phi) is 9.67. The van der Waals surface area contributed by atoms with Crippen LogP contribution in [0.25, 0.3) is 0 Å². The van der Waals surface area contributed by atoms with Crippen molar-refractivity contribution in [3.63, 3.8) is 0 Å². The first-order chi connectivity index (χ1) is 11.2. The van der Waals surface area contributed by atoms with Gasteiger partial charge in [-0.15, -0.1) is 12.4 Å². The topological polar surface area (TPSA) is 70.2 Å². The van der Waals surface area contributed by atoms with Crippen LogP contribution in [0.2, 0.25) is 0 Å². The number of piperidine rings is 1. The largest absolute Gasteiger partial charge is 0.354 e. The summed E-state index contributed by atoms with van der Waals surface area (Å²) >= 11 is 0. The van der Waals surface area contributed by atoms with Gasteiger partial charge >= 0.3 is 0 Å². The average Bonchev–Trinajstić information content (AvgIpc) is 2.59. The minimum atomic E-state index is -0.654. The maximum Gasteiger partial charge on any atom is 0.245 e. The number of hydrogen-bond acceptors (Lipinski definition) is 3. The first-order valence-electron chi connectivity index (χ1n) is 9.46. The molecule has 0 bridgehead atoms. The lowest BCUT2D eigenvalue weighted by atomic mass is 9.80. The second kappa shape index (κ2) is 10.9. The molecule has 2 fully saturated rings. The Morgan fingerprint density at radius 3 is 2.42 bits per heavy atom. The predicted molar refractivity (Wildman–Crippen MR) is 99.3 cm³/mol. The molecule has 2 rings (SSSR count). The smallest absolute Gasteiger partial charge is 0.245 e. The summed E-state index contributed by atoms with van der Waals surface area (Å²) in [5, 5.41) is 9.46. The summed E-state index contributed by atoms with van der Waals surface area (Å²) in [6, 6.07) is 0. The second-order valence-corrected chi connectivity index (χ2v) is 7.18. The lowest BCUT2D eigenvalue weighted by Crippen LogP contribution is -2.59. The fourth-order valence-electron chi connectivity index (χ4n) is 3.81. The van der Waals surface area contributed by atoms with Crippen LogP contribution in [-0.4, -0.2) is 37.0 Å². The summed E-state index contributed by atoms with van der Waals surface area (Å²) < 4.78 is 0. The number of carbonyl (C=O) groups excluding carboxylic acids is 2. The number of hydrogen-bond donors (Lipinski definition) is 3. The molecule has 1 aliphatic heterocycles. The van der Waals surface area contributed by atoms with Crippen molar-refractivity contribution in [3.8, 4) is 0 Å². The van der Waals surface area contributed by atoms with Crippen LogP contribution in [0.4, 0.5) is 0 Å². The number of amides is 2. The fourth-order valence-corrected chi connectivity index (χ4v) is 3.81. The Bertz CT molecular complexity index is 392. The third-order valence-electron chi connectivity index (χ3n) is 5.29. The van der Waals surface area contributed by atoms with Crippen LogP contribution in [-0.2, 0) is 9.59 Å². The number of halogens is 1. The minimum Gasteiger partial charge on any atom is -0.354 e. The van der Waals surface area contributed by atoms with Gasteiger partial charge in [0, 0.05) is 13.0 Å². The lowest BCUT2D eigenvalue weighted by Gasteiger charge is -2.37. The van der Waals surface area contributed by atoms with Gasteiger partial charge in [0.15, 0.2) is 0 Å². The molecule has 6 heteroatoms. The summed E-state index contributed by atoms with van der Waals surface area (Å²) in [5.41, 5.74) is -0.654. The van der Waals surface area contributed by atoms with Crippen molar-refractivity contribution in [1.29, 1.82) is 0 Å². The van der Waals surface area contributed by atoms with Crippen molar-refractivity contribution >= 4 is 24.2 Å². The summed E-state index contributed by atoms with van der Waals surface area (Å²) in [6.07, 6.45) is 9.50. The third kappa shape index (κ3) is 6.25. The van der Waals surface area contributed by atoms with Gasteiger partial charge in [-0.25, -0.2) is 0 Å². The molecule has 1 saturated heterocycles. The Hall–Kier alpha value is -0.810. The molecule has 0 radical (unpaired) electrons. The van der Waals surface area contributed by atoms with E-state index in [1.807, 2.05) is 6.92 Å². The molecule has 0 unspecified atom stereocenters. The number of rotatable bonds is 7. The quantitative estimate of drug-likeness (QED) is 0.654. The molecule has 3 N–H and O–H groups in total. The maximum atomic E-state index is 12.6. The van der Waals surface area contributed by atoms with E-state index in [-0.39, 0.29) is 24.2 Å². The highest BCUT2D eigenvalue weighted by Crippen LogP contribution is 2.29. The first kappa shape index (κ1) is 21.2. The molecule has 24 heavy (non-hydrogen) atoms. The molecule has 0 spiro atoms. The SMILES string of the molecule is CCCNC(=O)C1(NC(=O)CCC2CCNCC2)CCCCC1.Cl. The van der Waals surface area contributed by atoms with Crippen molar-refractivity contribution in [2.24, 2.45) is 5.92 Å². The van der Waals surface area contributed by atoms with Crippen molar-refractivity contribution in [2.75, 3.05) is 19.6 Å². The number of nitrogens with one attached hydrogen (secondary N) is 3. The van der Waals surface area contributed by atoms with E-state index in [4.69, 9.17) is 0 Å².